The molecule has 0 atom stereocenters. The summed E-state index contributed by atoms with van der Waals surface area (Å²) in [6.07, 6.45) is 2.21. The molecule has 3 amide bonds. The lowest BCUT2D eigenvalue weighted by Gasteiger charge is -2.22. The molecule has 3 aromatic carbocycles. The van der Waals surface area contributed by atoms with Crippen LogP contribution in [0.3, 0.4) is 0 Å². The van der Waals surface area contributed by atoms with Crippen molar-refractivity contribution in [3.63, 3.8) is 0 Å². The molecule has 0 aliphatic carbocycles. The van der Waals surface area contributed by atoms with Gasteiger partial charge in [-0.2, -0.15) is 0 Å². The van der Waals surface area contributed by atoms with E-state index in [0.717, 1.165) is 37.2 Å². The topological polar surface area (TPSA) is 73.5 Å². The molecule has 0 unspecified atom stereocenters. The second-order valence-electron chi connectivity index (χ2n) is 8.18. The first-order chi connectivity index (χ1) is 16.0. The Kier molecular flexibility index (Phi) is 7.15. The number of halogens is 1. The third kappa shape index (κ3) is 6.05. The lowest BCUT2D eigenvalue weighted by molar-refractivity contribution is 0.0951. The number of carbonyl (C=O) groups excluding carboxylic acids is 2. The molecule has 1 saturated heterocycles. The summed E-state index contributed by atoms with van der Waals surface area (Å²) in [6.45, 7) is 4.31. The van der Waals surface area contributed by atoms with Crippen LogP contribution in [0.4, 0.5) is 21.9 Å². The monoisotopic (exact) mass is 462 g/mol. The molecule has 0 radical (unpaired) electrons. The number of urea groups is 1. The third-order valence-electron chi connectivity index (χ3n) is 5.63. The summed E-state index contributed by atoms with van der Waals surface area (Å²) in [5, 5.41) is 9.28. The summed E-state index contributed by atoms with van der Waals surface area (Å²) in [7, 11) is 0. The molecule has 33 heavy (non-hydrogen) atoms. The van der Waals surface area contributed by atoms with Gasteiger partial charge in [0.15, 0.2) is 0 Å². The maximum absolute atomic E-state index is 12.8. The number of nitrogens with one attached hydrogen (secondary N) is 3. The molecule has 4 rings (SSSR count). The van der Waals surface area contributed by atoms with E-state index in [4.69, 9.17) is 11.6 Å². The molecule has 170 valence electrons. The van der Waals surface area contributed by atoms with Crippen LogP contribution in [0.1, 0.15) is 34.3 Å². The van der Waals surface area contributed by atoms with E-state index in [9.17, 15) is 9.59 Å². The Bertz CT molecular complexity index is 1120. The summed E-state index contributed by atoms with van der Waals surface area (Å²) in [5.41, 5.74) is 4.84. The van der Waals surface area contributed by atoms with Crippen LogP contribution in [0, 0.1) is 6.92 Å². The first-order valence-electron chi connectivity index (χ1n) is 11.0. The Morgan fingerprint density at radius 1 is 0.909 bits per heavy atom. The standard InChI is InChI=1S/C26H27ClN4O2/c1-18-4-6-19(7-5-18)17-28-25(32)20-8-13-24(31-14-2-3-15-31)23(16-20)30-26(33)29-22-11-9-21(27)10-12-22/h4-13,16H,2-3,14-15,17H2,1H3,(H,28,32)(H2,29,30,33). The number of rotatable bonds is 6. The maximum atomic E-state index is 12.8. The molecule has 1 aliphatic rings. The highest BCUT2D eigenvalue weighted by atomic mass is 35.5. The molecule has 0 saturated carbocycles. The Morgan fingerprint density at radius 2 is 1.61 bits per heavy atom. The highest BCUT2D eigenvalue weighted by Crippen LogP contribution is 2.30. The number of amides is 3. The van der Waals surface area contributed by atoms with Crippen LogP contribution in [0.5, 0.6) is 0 Å². The zero-order valence-corrected chi connectivity index (χ0v) is 19.3. The van der Waals surface area contributed by atoms with Crippen LogP contribution < -0.4 is 20.9 Å². The van der Waals surface area contributed by atoms with Crippen molar-refractivity contribution in [2.24, 2.45) is 0 Å². The minimum atomic E-state index is -0.380. The first-order valence-corrected chi connectivity index (χ1v) is 11.4. The molecule has 0 bridgehead atoms. The average Bonchev–Trinajstić information content (AvgIpc) is 3.35. The van der Waals surface area contributed by atoms with Crippen molar-refractivity contribution in [2.45, 2.75) is 26.3 Å². The van der Waals surface area contributed by atoms with Gasteiger partial charge >= 0.3 is 6.03 Å². The molecular formula is C26H27ClN4O2. The van der Waals surface area contributed by atoms with Crippen LogP contribution in [-0.2, 0) is 6.54 Å². The van der Waals surface area contributed by atoms with Crippen molar-refractivity contribution >= 4 is 40.6 Å². The number of nitrogens with zero attached hydrogens (tertiary/aromatic N) is 1. The Morgan fingerprint density at radius 3 is 2.30 bits per heavy atom. The van der Waals surface area contributed by atoms with E-state index in [2.05, 4.69) is 20.9 Å². The van der Waals surface area contributed by atoms with Crippen LogP contribution in [0.2, 0.25) is 5.02 Å². The smallest absolute Gasteiger partial charge is 0.323 e. The van der Waals surface area contributed by atoms with Gasteiger partial charge in [-0.15, -0.1) is 0 Å². The average molecular weight is 463 g/mol. The van der Waals surface area contributed by atoms with Crippen LogP contribution in [-0.4, -0.2) is 25.0 Å². The predicted molar refractivity (Wildman–Crippen MR) is 134 cm³/mol. The van der Waals surface area contributed by atoms with Gasteiger partial charge in [-0.1, -0.05) is 41.4 Å². The van der Waals surface area contributed by atoms with E-state index >= 15 is 0 Å². The van der Waals surface area contributed by atoms with Gasteiger partial charge in [0.2, 0.25) is 0 Å². The van der Waals surface area contributed by atoms with Gasteiger partial charge in [0.25, 0.3) is 5.91 Å². The van der Waals surface area contributed by atoms with Gasteiger partial charge in [-0.25, -0.2) is 4.79 Å². The quantitative estimate of drug-likeness (QED) is 0.432. The zero-order valence-electron chi connectivity index (χ0n) is 18.5. The van der Waals surface area contributed by atoms with Crippen molar-refractivity contribution in [3.8, 4) is 0 Å². The van der Waals surface area contributed by atoms with Crippen LogP contribution in [0.15, 0.2) is 66.7 Å². The van der Waals surface area contributed by atoms with E-state index in [0.29, 0.717) is 28.5 Å². The van der Waals surface area contributed by atoms with E-state index in [1.807, 2.05) is 37.3 Å². The van der Waals surface area contributed by atoms with Crippen molar-refractivity contribution in [3.05, 3.63) is 88.4 Å². The van der Waals surface area contributed by atoms with E-state index in [1.165, 1.54) is 5.56 Å². The number of aryl methyl sites for hydroxylation is 1. The van der Waals surface area contributed by atoms with Gasteiger partial charge in [-0.05, 0) is 67.8 Å². The van der Waals surface area contributed by atoms with Crippen LogP contribution >= 0.6 is 11.6 Å². The Balaban J connectivity index is 1.49. The zero-order chi connectivity index (χ0) is 23.2. The summed E-state index contributed by atoms with van der Waals surface area (Å²) >= 11 is 5.92. The van der Waals surface area contributed by atoms with Crippen molar-refractivity contribution in [1.82, 2.24) is 5.32 Å². The number of hydrogen-bond donors (Lipinski definition) is 3. The summed E-state index contributed by atoms with van der Waals surface area (Å²) in [6, 6.07) is 20.0. The minimum absolute atomic E-state index is 0.190. The Hall–Kier alpha value is -3.51. The molecule has 0 aromatic heterocycles. The fraction of sp³-hybridized carbons (Fsp3) is 0.231. The number of anilines is 3. The van der Waals surface area contributed by atoms with Crippen molar-refractivity contribution in [1.29, 1.82) is 0 Å². The SMILES string of the molecule is Cc1ccc(CNC(=O)c2ccc(N3CCCC3)c(NC(=O)Nc3ccc(Cl)cc3)c2)cc1. The fourth-order valence-electron chi connectivity index (χ4n) is 3.82. The Labute approximate surface area is 198 Å². The van der Waals surface area contributed by atoms with Gasteiger partial charge in [0.1, 0.15) is 0 Å². The normalized spacial score (nSPS) is 13.0. The molecule has 3 N–H and O–H groups in total. The van der Waals surface area contributed by atoms with Crippen LogP contribution in [0.25, 0.3) is 0 Å². The molecule has 1 heterocycles. The van der Waals surface area contributed by atoms with Gasteiger partial charge < -0.3 is 20.9 Å². The lowest BCUT2D eigenvalue weighted by atomic mass is 10.1. The fourth-order valence-corrected chi connectivity index (χ4v) is 3.95. The number of hydrogen-bond acceptors (Lipinski definition) is 3. The first kappa shape index (κ1) is 22.7. The molecular weight excluding hydrogens is 436 g/mol. The summed E-state index contributed by atoms with van der Waals surface area (Å²) < 4.78 is 0. The predicted octanol–water partition coefficient (Wildman–Crippen LogP) is 5.82. The summed E-state index contributed by atoms with van der Waals surface area (Å²) in [4.78, 5) is 27.7. The highest BCUT2D eigenvalue weighted by molar-refractivity contribution is 6.30. The minimum Gasteiger partial charge on any atom is -0.370 e. The molecule has 0 spiro atoms. The molecule has 7 heteroatoms. The molecule has 1 aliphatic heterocycles. The van der Waals surface area contributed by atoms with E-state index < -0.39 is 0 Å². The number of carbonyl (C=O) groups is 2. The second-order valence-corrected chi connectivity index (χ2v) is 8.62. The van der Waals surface area contributed by atoms with Gasteiger partial charge in [-0.3, -0.25) is 4.79 Å². The van der Waals surface area contributed by atoms with Crippen molar-refractivity contribution < 1.29 is 9.59 Å². The largest absolute Gasteiger partial charge is 0.370 e. The molecule has 1 fully saturated rings. The van der Waals surface area contributed by atoms with E-state index in [-0.39, 0.29) is 11.9 Å². The van der Waals surface area contributed by atoms with Crippen molar-refractivity contribution in [2.75, 3.05) is 28.6 Å². The number of benzene rings is 3. The highest BCUT2D eigenvalue weighted by Gasteiger charge is 2.19. The molecule has 6 nitrogen and oxygen atoms in total. The summed E-state index contributed by atoms with van der Waals surface area (Å²) in [5.74, 6) is -0.190. The lowest BCUT2D eigenvalue weighted by Crippen LogP contribution is -2.26. The maximum Gasteiger partial charge on any atom is 0.323 e. The molecule has 3 aromatic rings. The second kappa shape index (κ2) is 10.4. The van der Waals surface area contributed by atoms with Gasteiger partial charge in [0.05, 0.1) is 11.4 Å². The third-order valence-corrected chi connectivity index (χ3v) is 5.88. The van der Waals surface area contributed by atoms with E-state index in [1.54, 1.807) is 36.4 Å². The van der Waals surface area contributed by atoms with Gasteiger partial charge in [0, 0.05) is 35.9 Å².